The molecule has 0 bridgehead atoms. The van der Waals surface area contributed by atoms with Crippen LogP contribution in [0.2, 0.25) is 0 Å². The Hall–Kier alpha value is -2.30. The molecule has 1 heteroatoms. The van der Waals surface area contributed by atoms with E-state index in [0.29, 0.717) is 6.42 Å². The molecule has 1 nitrogen and oxygen atoms in total. The lowest BCUT2D eigenvalue weighted by Crippen LogP contribution is -2.32. The van der Waals surface area contributed by atoms with E-state index < -0.39 is 5.60 Å². The van der Waals surface area contributed by atoms with Crippen LogP contribution >= 0.6 is 0 Å². The zero-order valence-electron chi connectivity index (χ0n) is 12.6. The lowest BCUT2D eigenvalue weighted by Gasteiger charge is -2.30. The Balaban J connectivity index is 1.92. The van der Waals surface area contributed by atoms with E-state index in [4.69, 9.17) is 0 Å². The lowest BCUT2D eigenvalue weighted by molar-refractivity contribution is 0.111. The molecule has 0 amide bonds. The fourth-order valence-corrected chi connectivity index (χ4v) is 2.85. The van der Waals surface area contributed by atoms with Crippen molar-refractivity contribution < 1.29 is 5.11 Å². The van der Waals surface area contributed by atoms with Crippen LogP contribution in [-0.4, -0.2) is 10.7 Å². The molecule has 0 aromatic heterocycles. The molecule has 1 unspecified atom stereocenters. The van der Waals surface area contributed by atoms with E-state index in [-0.39, 0.29) is 0 Å². The first kappa shape index (κ1) is 14.6. The van der Waals surface area contributed by atoms with Crippen LogP contribution < -0.4 is 0 Å². The van der Waals surface area contributed by atoms with Crippen molar-refractivity contribution in [1.82, 2.24) is 0 Å². The van der Waals surface area contributed by atoms with E-state index in [0.717, 1.165) is 36.0 Å². The van der Waals surface area contributed by atoms with Crippen LogP contribution in [0.5, 0.6) is 0 Å². The van der Waals surface area contributed by atoms with Crippen molar-refractivity contribution in [2.24, 2.45) is 0 Å². The second-order valence-electron chi connectivity index (χ2n) is 5.76. The van der Waals surface area contributed by atoms with Gasteiger partial charge in [0.1, 0.15) is 5.60 Å². The van der Waals surface area contributed by atoms with Crippen molar-refractivity contribution in [1.29, 1.82) is 0 Å². The molecule has 1 aliphatic carbocycles. The molecule has 2 aromatic carbocycles. The van der Waals surface area contributed by atoms with Crippen molar-refractivity contribution in [2.45, 2.75) is 31.3 Å². The van der Waals surface area contributed by atoms with E-state index in [1.165, 1.54) is 0 Å². The Kier molecular flexibility index (Phi) is 4.42. The highest BCUT2D eigenvalue weighted by Crippen LogP contribution is 2.34. The highest BCUT2D eigenvalue weighted by Gasteiger charge is 2.32. The summed E-state index contributed by atoms with van der Waals surface area (Å²) in [5, 5.41) is 11.0. The second kappa shape index (κ2) is 6.64. The smallest absolute Gasteiger partial charge is 0.147 e. The Labute approximate surface area is 132 Å². The van der Waals surface area contributed by atoms with E-state index in [1.807, 2.05) is 48.5 Å². The first-order chi connectivity index (χ1) is 10.8. The Bertz CT molecular complexity index is 704. The largest absolute Gasteiger partial charge is 0.374 e. The summed E-state index contributed by atoms with van der Waals surface area (Å²) in [4.78, 5) is 0. The van der Waals surface area contributed by atoms with Crippen LogP contribution in [0.4, 0.5) is 0 Å². The van der Waals surface area contributed by atoms with E-state index in [9.17, 15) is 5.11 Å². The van der Waals surface area contributed by atoms with Crippen LogP contribution in [0.15, 0.2) is 66.2 Å². The van der Waals surface area contributed by atoms with Gasteiger partial charge in [-0.2, -0.15) is 0 Å². The summed E-state index contributed by atoms with van der Waals surface area (Å²) in [5.41, 5.74) is 2.11. The Morgan fingerprint density at radius 1 is 0.909 bits per heavy atom. The van der Waals surface area contributed by atoms with Crippen LogP contribution in [0.3, 0.4) is 0 Å². The van der Waals surface area contributed by atoms with Crippen LogP contribution in [0, 0.1) is 11.8 Å². The monoisotopic (exact) mass is 288 g/mol. The van der Waals surface area contributed by atoms with E-state index in [1.54, 1.807) is 0 Å². The molecule has 3 rings (SSSR count). The van der Waals surface area contributed by atoms with E-state index in [2.05, 4.69) is 30.0 Å². The minimum atomic E-state index is -0.996. The number of hydrogen-bond acceptors (Lipinski definition) is 1. The third kappa shape index (κ3) is 3.47. The van der Waals surface area contributed by atoms with Gasteiger partial charge in [-0.25, -0.2) is 0 Å². The molecule has 0 aliphatic heterocycles. The zero-order chi connectivity index (χ0) is 15.3. The predicted molar refractivity (Wildman–Crippen MR) is 91.2 cm³/mol. The first-order valence-corrected chi connectivity index (χ1v) is 7.83. The number of benzene rings is 2. The molecule has 0 heterocycles. The molecular formula is C21H20O. The molecule has 1 fully saturated rings. The normalized spacial score (nSPS) is 22.9. The van der Waals surface area contributed by atoms with Crippen LogP contribution in [0.1, 0.15) is 36.8 Å². The van der Waals surface area contributed by atoms with Crippen molar-refractivity contribution in [2.75, 3.05) is 0 Å². The topological polar surface area (TPSA) is 20.2 Å². The summed E-state index contributed by atoms with van der Waals surface area (Å²) in [6, 6.07) is 20.0. The third-order valence-corrected chi connectivity index (χ3v) is 4.09. The maximum Gasteiger partial charge on any atom is 0.147 e. The Morgan fingerprint density at radius 3 is 2.32 bits per heavy atom. The highest BCUT2D eigenvalue weighted by atomic mass is 16.3. The predicted octanol–water partition coefficient (Wildman–Crippen LogP) is 4.43. The summed E-state index contributed by atoms with van der Waals surface area (Å²) in [5.74, 6) is 6.25. The summed E-state index contributed by atoms with van der Waals surface area (Å²) < 4.78 is 0. The van der Waals surface area contributed by atoms with Gasteiger partial charge in [-0.1, -0.05) is 66.4 Å². The van der Waals surface area contributed by atoms with Gasteiger partial charge in [0.25, 0.3) is 0 Å². The molecule has 1 atom stereocenters. The molecule has 1 saturated carbocycles. The summed E-state index contributed by atoms with van der Waals surface area (Å²) in [6.45, 7) is 0. The number of hydrogen-bond donors (Lipinski definition) is 1. The van der Waals surface area contributed by atoms with Crippen molar-refractivity contribution in [3.8, 4) is 11.8 Å². The van der Waals surface area contributed by atoms with Gasteiger partial charge in [-0.3, -0.25) is 0 Å². The lowest BCUT2D eigenvalue weighted by atomic mass is 9.79. The van der Waals surface area contributed by atoms with Gasteiger partial charge in [0.2, 0.25) is 0 Å². The van der Waals surface area contributed by atoms with Gasteiger partial charge in [0.05, 0.1) is 0 Å². The third-order valence-electron chi connectivity index (χ3n) is 4.09. The summed E-state index contributed by atoms with van der Waals surface area (Å²) in [6.07, 6.45) is 5.86. The Morgan fingerprint density at radius 2 is 1.59 bits per heavy atom. The molecule has 0 spiro atoms. The van der Waals surface area contributed by atoms with Gasteiger partial charge in [0.15, 0.2) is 0 Å². The fourth-order valence-electron chi connectivity index (χ4n) is 2.85. The zero-order valence-corrected chi connectivity index (χ0v) is 12.6. The molecule has 0 radical (unpaired) electrons. The van der Waals surface area contributed by atoms with Gasteiger partial charge >= 0.3 is 0 Å². The molecular weight excluding hydrogens is 268 g/mol. The number of rotatable bonds is 1. The van der Waals surface area contributed by atoms with Crippen LogP contribution in [-0.2, 0) is 0 Å². The van der Waals surface area contributed by atoms with Crippen molar-refractivity contribution in [3.63, 3.8) is 0 Å². The molecule has 1 aliphatic rings. The SMILES string of the molecule is OC1(C#Cc2ccccc2)CCCC/C1=C/c1ccccc1. The molecule has 0 saturated heterocycles. The summed E-state index contributed by atoms with van der Waals surface area (Å²) in [7, 11) is 0. The van der Waals surface area contributed by atoms with Crippen molar-refractivity contribution in [3.05, 3.63) is 77.4 Å². The minimum Gasteiger partial charge on any atom is -0.374 e. The van der Waals surface area contributed by atoms with Gasteiger partial charge < -0.3 is 5.11 Å². The maximum absolute atomic E-state index is 11.0. The van der Waals surface area contributed by atoms with Gasteiger partial charge in [0, 0.05) is 5.56 Å². The maximum atomic E-state index is 11.0. The molecule has 2 aromatic rings. The minimum absolute atomic E-state index is 0.714. The first-order valence-electron chi connectivity index (χ1n) is 7.83. The van der Waals surface area contributed by atoms with E-state index >= 15 is 0 Å². The van der Waals surface area contributed by atoms with Gasteiger partial charge in [-0.15, -0.1) is 0 Å². The average Bonchev–Trinajstić information content (AvgIpc) is 2.57. The molecule has 110 valence electrons. The fraction of sp³-hybridized carbons (Fsp3) is 0.238. The van der Waals surface area contributed by atoms with Crippen molar-refractivity contribution >= 4 is 6.08 Å². The standard InChI is InChI=1S/C21H20O/c22-21(16-14-18-9-3-1-4-10-18)15-8-7-13-20(21)17-19-11-5-2-6-12-19/h1-6,9-12,17,22H,7-8,13,15H2/b20-17-. The van der Waals surface area contributed by atoms with Crippen LogP contribution in [0.25, 0.3) is 6.08 Å². The average molecular weight is 288 g/mol. The quantitative estimate of drug-likeness (QED) is 0.770. The molecule has 1 N–H and O–H groups in total. The van der Waals surface area contributed by atoms with Gasteiger partial charge in [-0.05, 0) is 49.0 Å². The molecule has 22 heavy (non-hydrogen) atoms. The summed E-state index contributed by atoms with van der Waals surface area (Å²) >= 11 is 0. The number of aliphatic hydroxyl groups is 1. The second-order valence-corrected chi connectivity index (χ2v) is 5.76. The highest BCUT2D eigenvalue weighted by molar-refractivity contribution is 5.58.